The third kappa shape index (κ3) is 2.08. The molecule has 0 fully saturated rings. The van der Waals surface area contributed by atoms with Gasteiger partial charge in [-0.1, -0.05) is 36.4 Å². The van der Waals surface area contributed by atoms with E-state index in [9.17, 15) is 0 Å². The van der Waals surface area contributed by atoms with E-state index in [1.807, 2.05) is 17.4 Å². The van der Waals surface area contributed by atoms with Crippen molar-refractivity contribution in [1.29, 1.82) is 0 Å². The quantitative estimate of drug-likeness (QED) is 0.469. The van der Waals surface area contributed by atoms with Gasteiger partial charge < -0.3 is 5.32 Å². The van der Waals surface area contributed by atoms with E-state index in [1.165, 1.54) is 31.4 Å². The molecule has 0 radical (unpaired) electrons. The van der Waals surface area contributed by atoms with Crippen molar-refractivity contribution < 1.29 is 0 Å². The number of fused-ring (bicyclic) bond motifs is 3. The van der Waals surface area contributed by atoms with E-state index in [0.29, 0.717) is 0 Å². The van der Waals surface area contributed by atoms with E-state index < -0.39 is 0 Å². The average Bonchev–Trinajstić information content (AvgIpc) is 2.90. The van der Waals surface area contributed by atoms with E-state index in [0.717, 1.165) is 5.69 Å². The fourth-order valence-corrected chi connectivity index (χ4v) is 3.96. The number of benzene rings is 3. The number of para-hydroxylation sites is 1. The first kappa shape index (κ1) is 12.4. The van der Waals surface area contributed by atoms with Crippen LogP contribution in [0.25, 0.3) is 20.2 Å². The molecule has 0 aliphatic rings. The highest BCUT2D eigenvalue weighted by molar-refractivity contribution is 7.25. The van der Waals surface area contributed by atoms with Gasteiger partial charge in [-0.3, -0.25) is 0 Å². The van der Waals surface area contributed by atoms with Gasteiger partial charge >= 0.3 is 0 Å². The smallest absolute Gasteiger partial charge is 0.0421 e. The summed E-state index contributed by atoms with van der Waals surface area (Å²) in [5.41, 5.74) is 3.62. The minimum atomic E-state index is 1.12. The van der Waals surface area contributed by atoms with Crippen molar-refractivity contribution in [3.8, 4) is 0 Å². The Morgan fingerprint density at radius 1 is 0.762 bits per heavy atom. The molecule has 4 rings (SSSR count). The maximum Gasteiger partial charge on any atom is 0.0421 e. The molecule has 1 N–H and O–H groups in total. The summed E-state index contributed by atoms with van der Waals surface area (Å²) in [4.78, 5) is 0. The predicted octanol–water partition coefficient (Wildman–Crippen LogP) is 6.11. The minimum Gasteiger partial charge on any atom is -0.355 e. The molecular formula is C19H15NS. The van der Waals surface area contributed by atoms with Crippen molar-refractivity contribution in [2.24, 2.45) is 0 Å². The van der Waals surface area contributed by atoms with Gasteiger partial charge in [0.2, 0.25) is 0 Å². The van der Waals surface area contributed by atoms with Crippen LogP contribution in [0.3, 0.4) is 0 Å². The van der Waals surface area contributed by atoms with E-state index in [1.54, 1.807) is 0 Å². The van der Waals surface area contributed by atoms with E-state index in [2.05, 4.69) is 72.9 Å². The Morgan fingerprint density at radius 2 is 1.52 bits per heavy atom. The lowest BCUT2D eigenvalue weighted by Gasteiger charge is -2.10. The Balaban J connectivity index is 1.91. The number of hydrogen-bond donors (Lipinski definition) is 1. The fourth-order valence-electron chi connectivity index (χ4n) is 2.80. The lowest BCUT2D eigenvalue weighted by molar-refractivity contribution is 1.48. The van der Waals surface area contributed by atoms with Gasteiger partial charge in [0.1, 0.15) is 0 Å². The largest absolute Gasteiger partial charge is 0.355 e. The Hall–Kier alpha value is -2.32. The number of aryl methyl sites for hydroxylation is 1. The lowest BCUT2D eigenvalue weighted by atomic mass is 10.1. The molecule has 0 saturated carbocycles. The zero-order valence-electron chi connectivity index (χ0n) is 11.8. The van der Waals surface area contributed by atoms with Gasteiger partial charge in [0.05, 0.1) is 0 Å². The molecule has 0 amide bonds. The van der Waals surface area contributed by atoms with Crippen LogP contribution in [0.2, 0.25) is 0 Å². The van der Waals surface area contributed by atoms with Crippen LogP contribution < -0.4 is 5.32 Å². The molecular weight excluding hydrogens is 274 g/mol. The van der Waals surface area contributed by atoms with E-state index in [-0.39, 0.29) is 0 Å². The van der Waals surface area contributed by atoms with Crippen molar-refractivity contribution in [3.05, 3.63) is 72.3 Å². The molecule has 4 aromatic rings. The number of rotatable bonds is 2. The zero-order chi connectivity index (χ0) is 14.2. The summed E-state index contributed by atoms with van der Waals surface area (Å²) in [6.45, 7) is 2.20. The summed E-state index contributed by atoms with van der Waals surface area (Å²) in [5, 5.41) is 6.25. The third-order valence-electron chi connectivity index (χ3n) is 3.86. The Kier molecular flexibility index (Phi) is 2.90. The minimum absolute atomic E-state index is 1.12. The molecule has 0 bridgehead atoms. The predicted molar refractivity (Wildman–Crippen MR) is 93.8 cm³/mol. The number of nitrogens with one attached hydrogen (secondary N) is 1. The molecule has 0 spiro atoms. The molecule has 1 heterocycles. The SMILES string of the molecule is Cc1c(Nc2ccccc2)ccc2sc3ccccc3c12. The summed E-state index contributed by atoms with van der Waals surface area (Å²) >= 11 is 1.86. The molecule has 3 aromatic carbocycles. The van der Waals surface area contributed by atoms with Crippen LogP contribution in [0, 0.1) is 6.92 Å². The summed E-state index contributed by atoms with van der Waals surface area (Å²) in [6.07, 6.45) is 0. The second kappa shape index (κ2) is 4.90. The average molecular weight is 289 g/mol. The van der Waals surface area contributed by atoms with Gasteiger partial charge in [-0.05, 0) is 42.8 Å². The van der Waals surface area contributed by atoms with Gasteiger partial charge in [0.25, 0.3) is 0 Å². The summed E-state index contributed by atoms with van der Waals surface area (Å²) in [7, 11) is 0. The molecule has 0 aliphatic carbocycles. The van der Waals surface area contributed by atoms with Crippen molar-refractivity contribution in [1.82, 2.24) is 0 Å². The Bertz CT molecular complexity index is 922. The second-order valence-electron chi connectivity index (χ2n) is 5.20. The Morgan fingerprint density at radius 3 is 2.38 bits per heavy atom. The van der Waals surface area contributed by atoms with Gasteiger partial charge in [-0.2, -0.15) is 0 Å². The van der Waals surface area contributed by atoms with Gasteiger partial charge in [0.15, 0.2) is 0 Å². The van der Waals surface area contributed by atoms with E-state index in [4.69, 9.17) is 0 Å². The van der Waals surface area contributed by atoms with Gasteiger partial charge in [0, 0.05) is 31.5 Å². The normalized spacial score (nSPS) is 11.1. The zero-order valence-corrected chi connectivity index (χ0v) is 12.6. The molecule has 0 saturated heterocycles. The third-order valence-corrected chi connectivity index (χ3v) is 4.99. The number of anilines is 2. The first-order valence-electron chi connectivity index (χ1n) is 7.06. The van der Waals surface area contributed by atoms with Crippen LogP contribution >= 0.6 is 11.3 Å². The molecule has 2 heteroatoms. The highest BCUT2D eigenvalue weighted by atomic mass is 32.1. The molecule has 0 unspecified atom stereocenters. The van der Waals surface area contributed by atoms with Crippen molar-refractivity contribution in [2.75, 3.05) is 5.32 Å². The molecule has 102 valence electrons. The first-order valence-corrected chi connectivity index (χ1v) is 7.87. The highest BCUT2D eigenvalue weighted by Gasteiger charge is 2.10. The first-order chi connectivity index (χ1) is 10.3. The molecule has 1 aromatic heterocycles. The molecule has 0 aliphatic heterocycles. The lowest BCUT2D eigenvalue weighted by Crippen LogP contribution is -1.92. The van der Waals surface area contributed by atoms with Crippen LogP contribution in [-0.4, -0.2) is 0 Å². The Labute approximate surface area is 127 Å². The van der Waals surface area contributed by atoms with Crippen molar-refractivity contribution in [2.45, 2.75) is 6.92 Å². The van der Waals surface area contributed by atoms with Gasteiger partial charge in [-0.15, -0.1) is 11.3 Å². The van der Waals surface area contributed by atoms with E-state index >= 15 is 0 Å². The summed E-state index contributed by atoms with van der Waals surface area (Å²) in [5.74, 6) is 0. The number of hydrogen-bond acceptors (Lipinski definition) is 2. The highest BCUT2D eigenvalue weighted by Crippen LogP contribution is 2.38. The van der Waals surface area contributed by atoms with Crippen LogP contribution in [0.1, 0.15) is 5.56 Å². The topological polar surface area (TPSA) is 12.0 Å². The molecule has 0 atom stereocenters. The van der Waals surface area contributed by atoms with Crippen LogP contribution in [0.5, 0.6) is 0 Å². The van der Waals surface area contributed by atoms with Crippen molar-refractivity contribution >= 4 is 42.9 Å². The van der Waals surface area contributed by atoms with Crippen LogP contribution in [0.4, 0.5) is 11.4 Å². The van der Waals surface area contributed by atoms with Gasteiger partial charge in [-0.25, -0.2) is 0 Å². The van der Waals surface area contributed by atoms with Crippen molar-refractivity contribution in [3.63, 3.8) is 0 Å². The monoisotopic (exact) mass is 289 g/mol. The van der Waals surface area contributed by atoms with Crippen LogP contribution in [0.15, 0.2) is 66.7 Å². The maximum absolute atomic E-state index is 3.52. The second-order valence-corrected chi connectivity index (χ2v) is 6.28. The standard InChI is InChI=1S/C19H15NS/c1-13-16(20-14-7-3-2-4-8-14)11-12-18-19(13)15-9-5-6-10-17(15)21-18/h2-12,20H,1H3. The van der Waals surface area contributed by atoms with Crippen LogP contribution in [-0.2, 0) is 0 Å². The summed E-state index contributed by atoms with van der Waals surface area (Å²) < 4.78 is 2.71. The fraction of sp³-hybridized carbons (Fsp3) is 0.0526. The molecule has 1 nitrogen and oxygen atoms in total. The summed E-state index contributed by atoms with van der Waals surface area (Å²) in [6, 6.07) is 23.4. The number of thiophene rings is 1. The maximum atomic E-state index is 3.52. The molecule has 21 heavy (non-hydrogen) atoms.